The summed E-state index contributed by atoms with van der Waals surface area (Å²) in [6.45, 7) is 2.66. The maximum absolute atomic E-state index is 11.0. The molecule has 1 aromatic rings. The lowest BCUT2D eigenvalue weighted by Gasteiger charge is -2.06. The number of primary amides is 1. The van der Waals surface area contributed by atoms with Crippen LogP contribution < -0.4 is 15.8 Å². The first-order valence-corrected chi connectivity index (χ1v) is 4.97. The summed E-state index contributed by atoms with van der Waals surface area (Å²) in [7, 11) is 0. The number of nitrogens with one attached hydrogen (secondary N) is 1. The fourth-order valence-electron chi connectivity index (χ4n) is 1.05. The van der Waals surface area contributed by atoms with E-state index in [1.54, 1.807) is 24.3 Å². The van der Waals surface area contributed by atoms with Gasteiger partial charge in [-0.2, -0.15) is 0 Å². The lowest BCUT2D eigenvalue weighted by atomic mass is 10.3. The average molecular weight is 222 g/mol. The van der Waals surface area contributed by atoms with Gasteiger partial charge in [-0.1, -0.05) is 6.92 Å². The summed E-state index contributed by atoms with van der Waals surface area (Å²) in [6, 6.07) is 6.72. The van der Waals surface area contributed by atoms with Gasteiger partial charge in [-0.15, -0.1) is 0 Å². The summed E-state index contributed by atoms with van der Waals surface area (Å²) in [5.74, 6) is -1.12. The van der Waals surface area contributed by atoms with Crippen LogP contribution in [0, 0.1) is 0 Å². The lowest BCUT2D eigenvalue weighted by molar-refractivity contribution is -0.134. The van der Waals surface area contributed by atoms with Crippen LogP contribution in [0.1, 0.15) is 13.3 Å². The summed E-state index contributed by atoms with van der Waals surface area (Å²) in [5, 5.41) is 2.36. The molecule has 86 valence electrons. The Bertz CT molecular complexity index is 373. The van der Waals surface area contributed by atoms with Crippen molar-refractivity contribution < 1.29 is 14.3 Å². The highest BCUT2D eigenvalue weighted by Crippen LogP contribution is 2.15. The van der Waals surface area contributed by atoms with Crippen molar-refractivity contribution in [2.45, 2.75) is 13.3 Å². The Labute approximate surface area is 93.6 Å². The van der Waals surface area contributed by atoms with E-state index < -0.39 is 11.8 Å². The van der Waals surface area contributed by atoms with Crippen molar-refractivity contribution in [3.8, 4) is 5.75 Å². The Morgan fingerprint density at radius 3 is 2.44 bits per heavy atom. The number of anilines is 1. The maximum Gasteiger partial charge on any atom is 0.313 e. The van der Waals surface area contributed by atoms with Gasteiger partial charge in [-0.05, 0) is 30.7 Å². The fraction of sp³-hybridized carbons (Fsp3) is 0.273. The van der Waals surface area contributed by atoms with Crippen molar-refractivity contribution in [2.24, 2.45) is 5.73 Å². The van der Waals surface area contributed by atoms with Gasteiger partial charge < -0.3 is 15.8 Å². The second-order valence-corrected chi connectivity index (χ2v) is 3.19. The zero-order valence-electron chi connectivity index (χ0n) is 9.03. The molecule has 0 unspecified atom stereocenters. The third kappa shape index (κ3) is 3.61. The Hall–Kier alpha value is -2.04. The standard InChI is InChI=1S/C11H14N2O3/c1-2-7-16-9-5-3-8(4-6-9)13-11(15)10(12)14/h3-6H,2,7H2,1H3,(H2,12,14)(H,13,15). The Balaban J connectivity index is 2.57. The molecule has 3 N–H and O–H groups in total. The molecule has 0 saturated carbocycles. The highest BCUT2D eigenvalue weighted by atomic mass is 16.5. The molecule has 5 nitrogen and oxygen atoms in total. The van der Waals surface area contributed by atoms with E-state index in [-0.39, 0.29) is 0 Å². The first kappa shape index (κ1) is 12.0. The van der Waals surface area contributed by atoms with Crippen molar-refractivity contribution in [3.05, 3.63) is 24.3 Å². The molecular formula is C11H14N2O3. The number of nitrogens with two attached hydrogens (primary N) is 1. The predicted molar refractivity (Wildman–Crippen MR) is 60.1 cm³/mol. The smallest absolute Gasteiger partial charge is 0.313 e. The summed E-state index contributed by atoms with van der Waals surface area (Å²) in [4.78, 5) is 21.4. The second kappa shape index (κ2) is 5.75. The van der Waals surface area contributed by atoms with Gasteiger partial charge in [0.1, 0.15) is 5.75 Å². The van der Waals surface area contributed by atoms with Gasteiger partial charge in [0, 0.05) is 5.69 Å². The molecule has 0 atom stereocenters. The number of hydrogen-bond acceptors (Lipinski definition) is 3. The van der Waals surface area contributed by atoms with E-state index in [1.165, 1.54) is 0 Å². The van der Waals surface area contributed by atoms with E-state index in [0.717, 1.165) is 12.2 Å². The summed E-state index contributed by atoms with van der Waals surface area (Å²) in [5.41, 5.74) is 5.31. The van der Waals surface area contributed by atoms with Crippen molar-refractivity contribution in [3.63, 3.8) is 0 Å². The molecule has 0 aliphatic rings. The predicted octanol–water partition coefficient (Wildman–Crippen LogP) is 0.899. The van der Waals surface area contributed by atoms with E-state index in [2.05, 4.69) is 5.32 Å². The Morgan fingerprint density at radius 1 is 1.31 bits per heavy atom. The van der Waals surface area contributed by atoms with Gasteiger partial charge in [0.25, 0.3) is 0 Å². The third-order valence-corrected chi connectivity index (χ3v) is 1.81. The maximum atomic E-state index is 11.0. The zero-order chi connectivity index (χ0) is 12.0. The third-order valence-electron chi connectivity index (χ3n) is 1.81. The number of rotatable bonds is 4. The molecule has 0 heterocycles. The molecule has 0 aliphatic heterocycles. The Kier molecular flexibility index (Phi) is 4.32. The van der Waals surface area contributed by atoms with Crippen LogP contribution in [0.2, 0.25) is 0 Å². The van der Waals surface area contributed by atoms with Gasteiger partial charge >= 0.3 is 11.8 Å². The minimum absolute atomic E-state index is 0.507. The Morgan fingerprint density at radius 2 is 1.94 bits per heavy atom. The summed E-state index contributed by atoms with van der Waals surface area (Å²) >= 11 is 0. The van der Waals surface area contributed by atoms with E-state index in [4.69, 9.17) is 10.5 Å². The van der Waals surface area contributed by atoms with E-state index in [1.807, 2.05) is 6.92 Å². The van der Waals surface area contributed by atoms with Crippen LogP contribution in [0.5, 0.6) is 5.75 Å². The first-order chi connectivity index (χ1) is 7.63. The molecule has 0 radical (unpaired) electrons. The monoisotopic (exact) mass is 222 g/mol. The van der Waals surface area contributed by atoms with Gasteiger partial charge in [-0.3, -0.25) is 9.59 Å². The molecule has 1 aromatic carbocycles. The van der Waals surface area contributed by atoms with Gasteiger partial charge in [0.2, 0.25) is 0 Å². The number of benzene rings is 1. The second-order valence-electron chi connectivity index (χ2n) is 3.19. The molecule has 16 heavy (non-hydrogen) atoms. The van der Waals surface area contributed by atoms with Crippen molar-refractivity contribution in [1.29, 1.82) is 0 Å². The molecule has 5 heteroatoms. The molecule has 0 aromatic heterocycles. The summed E-state index contributed by atoms with van der Waals surface area (Å²) < 4.78 is 5.36. The van der Waals surface area contributed by atoms with Gasteiger partial charge in [0.15, 0.2) is 0 Å². The number of carbonyl (C=O) groups excluding carboxylic acids is 2. The molecule has 0 bridgehead atoms. The van der Waals surface area contributed by atoms with Crippen molar-refractivity contribution >= 4 is 17.5 Å². The van der Waals surface area contributed by atoms with Crippen LogP contribution in [-0.4, -0.2) is 18.4 Å². The quantitative estimate of drug-likeness (QED) is 0.742. The summed E-state index contributed by atoms with van der Waals surface area (Å²) in [6.07, 6.45) is 0.931. The molecule has 0 fully saturated rings. The van der Waals surface area contributed by atoms with Crippen molar-refractivity contribution in [2.75, 3.05) is 11.9 Å². The molecule has 0 spiro atoms. The number of amides is 2. The number of ether oxygens (including phenoxy) is 1. The van der Waals surface area contributed by atoms with Crippen LogP contribution in [0.3, 0.4) is 0 Å². The lowest BCUT2D eigenvalue weighted by Crippen LogP contribution is -2.29. The molecular weight excluding hydrogens is 208 g/mol. The minimum Gasteiger partial charge on any atom is -0.494 e. The molecule has 0 saturated heterocycles. The SMILES string of the molecule is CCCOc1ccc(NC(=O)C(N)=O)cc1. The molecule has 1 rings (SSSR count). The van der Waals surface area contributed by atoms with Crippen LogP contribution in [0.25, 0.3) is 0 Å². The van der Waals surface area contributed by atoms with E-state index in [9.17, 15) is 9.59 Å². The minimum atomic E-state index is -1.01. The van der Waals surface area contributed by atoms with Crippen LogP contribution >= 0.6 is 0 Å². The topological polar surface area (TPSA) is 81.4 Å². The normalized spacial score (nSPS) is 9.56. The number of hydrogen-bond donors (Lipinski definition) is 2. The fourth-order valence-corrected chi connectivity index (χ4v) is 1.05. The van der Waals surface area contributed by atoms with E-state index >= 15 is 0 Å². The van der Waals surface area contributed by atoms with Gasteiger partial charge in [0.05, 0.1) is 6.61 Å². The number of carbonyl (C=O) groups is 2. The van der Waals surface area contributed by atoms with Crippen LogP contribution in [0.4, 0.5) is 5.69 Å². The molecule has 2 amide bonds. The highest BCUT2D eigenvalue weighted by Gasteiger charge is 2.08. The van der Waals surface area contributed by atoms with Crippen LogP contribution in [-0.2, 0) is 9.59 Å². The average Bonchev–Trinajstić information content (AvgIpc) is 2.28. The van der Waals surface area contributed by atoms with Gasteiger partial charge in [-0.25, -0.2) is 0 Å². The van der Waals surface area contributed by atoms with Crippen LogP contribution in [0.15, 0.2) is 24.3 Å². The van der Waals surface area contributed by atoms with Crippen molar-refractivity contribution in [1.82, 2.24) is 0 Å². The van der Waals surface area contributed by atoms with E-state index in [0.29, 0.717) is 12.3 Å². The molecule has 0 aliphatic carbocycles. The largest absolute Gasteiger partial charge is 0.494 e. The zero-order valence-corrected chi connectivity index (χ0v) is 9.03. The first-order valence-electron chi connectivity index (χ1n) is 4.97. The highest BCUT2D eigenvalue weighted by molar-refractivity contribution is 6.39.